The van der Waals surface area contributed by atoms with Gasteiger partial charge in [0, 0.05) is 32.7 Å². The van der Waals surface area contributed by atoms with Crippen LogP contribution < -0.4 is 5.32 Å². The molecule has 4 aliphatic rings. The molecule has 3 aliphatic heterocycles. The van der Waals surface area contributed by atoms with E-state index >= 15 is 0 Å². The normalized spacial score (nSPS) is 34.1. The Morgan fingerprint density at radius 1 is 1.08 bits per heavy atom. The van der Waals surface area contributed by atoms with Gasteiger partial charge in [-0.3, -0.25) is 4.90 Å². The van der Waals surface area contributed by atoms with Crippen molar-refractivity contribution in [2.24, 2.45) is 0 Å². The minimum Gasteiger partial charge on any atom is -0.444 e. The van der Waals surface area contributed by atoms with Crippen molar-refractivity contribution in [3.63, 3.8) is 0 Å². The fraction of sp³-hybridized carbons (Fsp3) is 0.947. The largest absolute Gasteiger partial charge is 0.444 e. The Labute approximate surface area is 152 Å². The van der Waals surface area contributed by atoms with E-state index < -0.39 is 5.60 Å². The zero-order chi connectivity index (χ0) is 18.1. The van der Waals surface area contributed by atoms with Crippen LogP contribution in [0.2, 0.25) is 0 Å². The maximum atomic E-state index is 12.2. The highest BCUT2D eigenvalue weighted by molar-refractivity contribution is 5.69. The number of nitrogens with zero attached hydrogens (tertiary/aromatic N) is 2. The van der Waals surface area contributed by atoms with Crippen LogP contribution >= 0.6 is 0 Å². The Hall–Kier alpha value is -0.850. The van der Waals surface area contributed by atoms with E-state index in [0.29, 0.717) is 6.61 Å². The van der Waals surface area contributed by atoms with Crippen molar-refractivity contribution in [2.75, 3.05) is 45.9 Å². The minimum atomic E-state index is -0.463. The highest BCUT2D eigenvalue weighted by Crippen LogP contribution is 2.44. The van der Waals surface area contributed by atoms with Gasteiger partial charge in [0.1, 0.15) is 5.60 Å². The monoisotopic (exact) mass is 353 g/mol. The fourth-order valence-electron chi connectivity index (χ4n) is 4.32. The molecule has 6 heteroatoms. The topological polar surface area (TPSA) is 54.0 Å². The summed E-state index contributed by atoms with van der Waals surface area (Å²) in [6.07, 6.45) is 3.71. The van der Waals surface area contributed by atoms with Crippen LogP contribution in [0.1, 0.15) is 53.4 Å². The number of rotatable bonds is 4. The van der Waals surface area contributed by atoms with Gasteiger partial charge in [0.2, 0.25) is 0 Å². The van der Waals surface area contributed by atoms with E-state index in [4.69, 9.17) is 9.47 Å². The van der Waals surface area contributed by atoms with Crippen LogP contribution in [0.25, 0.3) is 0 Å². The molecule has 2 bridgehead atoms. The molecule has 1 saturated carbocycles. The summed E-state index contributed by atoms with van der Waals surface area (Å²) >= 11 is 0. The van der Waals surface area contributed by atoms with Gasteiger partial charge in [-0.25, -0.2) is 4.79 Å². The van der Waals surface area contributed by atoms with Gasteiger partial charge in [-0.05, 0) is 53.0 Å². The first-order valence-corrected chi connectivity index (χ1v) is 9.83. The Kier molecular flexibility index (Phi) is 5.33. The third-order valence-corrected chi connectivity index (χ3v) is 5.96. The minimum absolute atomic E-state index is 0.00819. The third-order valence-electron chi connectivity index (χ3n) is 5.96. The van der Waals surface area contributed by atoms with Gasteiger partial charge < -0.3 is 19.7 Å². The molecular weight excluding hydrogens is 318 g/mol. The molecule has 4 rings (SSSR count). The number of carbonyl (C=O) groups excluding carboxylic acids is 1. The van der Waals surface area contributed by atoms with E-state index in [1.165, 1.54) is 0 Å². The summed E-state index contributed by atoms with van der Waals surface area (Å²) in [4.78, 5) is 17.2. The highest BCUT2D eigenvalue weighted by atomic mass is 16.6. The second-order valence-corrected chi connectivity index (χ2v) is 9.09. The number of nitrogens with one attached hydrogen (secondary N) is 1. The average molecular weight is 354 g/mol. The summed E-state index contributed by atoms with van der Waals surface area (Å²) in [5, 5.41) is 3.10. The van der Waals surface area contributed by atoms with Gasteiger partial charge in [-0.15, -0.1) is 0 Å². The van der Waals surface area contributed by atoms with Crippen LogP contribution in [0.3, 0.4) is 0 Å². The molecule has 0 unspecified atom stereocenters. The first kappa shape index (κ1) is 18.9. The Morgan fingerprint density at radius 2 is 1.68 bits per heavy atom. The molecule has 4 fully saturated rings. The lowest BCUT2D eigenvalue weighted by atomic mass is 9.71. The number of piperazine rings is 1. The van der Waals surface area contributed by atoms with Crippen molar-refractivity contribution in [2.45, 2.75) is 70.1 Å². The first-order valence-electron chi connectivity index (χ1n) is 9.83. The summed E-state index contributed by atoms with van der Waals surface area (Å²) in [7, 11) is 0. The Balaban J connectivity index is 1.50. The summed E-state index contributed by atoms with van der Waals surface area (Å²) in [6.45, 7) is 15.3. The molecule has 0 aromatic rings. The van der Waals surface area contributed by atoms with Gasteiger partial charge >= 0.3 is 6.09 Å². The van der Waals surface area contributed by atoms with E-state index in [0.717, 1.165) is 65.0 Å². The molecule has 3 saturated heterocycles. The van der Waals surface area contributed by atoms with Gasteiger partial charge in [0.15, 0.2) is 0 Å². The van der Waals surface area contributed by atoms with Gasteiger partial charge in [-0.1, -0.05) is 6.92 Å². The van der Waals surface area contributed by atoms with Gasteiger partial charge in [0.05, 0.1) is 17.7 Å². The number of hydrogen-bond donors (Lipinski definition) is 1. The molecule has 1 N–H and O–H groups in total. The SMILES string of the molecule is CCN1CCN(CC23CCC(NC(=O)OC(C)(C)C)(CC2)CO3)CC1. The number of amides is 1. The van der Waals surface area contributed by atoms with Crippen molar-refractivity contribution in [3.8, 4) is 0 Å². The number of hydrogen-bond acceptors (Lipinski definition) is 5. The molecule has 1 aliphatic carbocycles. The molecule has 0 radical (unpaired) electrons. The standard InChI is InChI=1S/C19H35N3O3/c1-5-21-10-12-22(13-11-21)14-19-8-6-18(7-9-19,15-24-19)20-16(23)25-17(2,3)4/h5-15H2,1-4H3,(H,20,23). The van der Waals surface area contributed by atoms with Crippen LogP contribution in [-0.4, -0.2) is 78.5 Å². The van der Waals surface area contributed by atoms with Crippen LogP contribution in [0.5, 0.6) is 0 Å². The molecular formula is C19H35N3O3. The molecule has 0 spiro atoms. The van der Waals surface area contributed by atoms with Crippen LogP contribution in [0, 0.1) is 0 Å². The molecule has 0 aromatic carbocycles. The number of ether oxygens (including phenoxy) is 2. The summed E-state index contributed by atoms with van der Waals surface area (Å²) in [5.74, 6) is 0. The predicted octanol–water partition coefficient (Wildman–Crippen LogP) is 2.23. The zero-order valence-electron chi connectivity index (χ0n) is 16.4. The van der Waals surface area contributed by atoms with Crippen LogP contribution in [0.4, 0.5) is 4.79 Å². The second kappa shape index (κ2) is 7.05. The molecule has 0 atom stereocenters. The van der Waals surface area contributed by atoms with Crippen molar-refractivity contribution in [1.29, 1.82) is 0 Å². The maximum Gasteiger partial charge on any atom is 0.408 e. The van der Waals surface area contributed by atoms with Crippen molar-refractivity contribution >= 4 is 6.09 Å². The summed E-state index contributed by atoms with van der Waals surface area (Å²) in [5.41, 5.74) is -0.702. The predicted molar refractivity (Wildman–Crippen MR) is 97.8 cm³/mol. The van der Waals surface area contributed by atoms with Gasteiger partial charge in [0.25, 0.3) is 0 Å². The summed E-state index contributed by atoms with van der Waals surface area (Å²) in [6, 6.07) is 0. The first-order chi connectivity index (χ1) is 11.7. The number of alkyl carbamates (subject to hydrolysis) is 1. The molecule has 6 nitrogen and oxygen atoms in total. The highest BCUT2D eigenvalue weighted by Gasteiger charge is 2.51. The molecule has 0 aromatic heterocycles. The molecule has 25 heavy (non-hydrogen) atoms. The van der Waals surface area contributed by atoms with E-state index in [1.54, 1.807) is 0 Å². The fourth-order valence-corrected chi connectivity index (χ4v) is 4.32. The lowest BCUT2D eigenvalue weighted by Gasteiger charge is -2.54. The number of fused-ring (bicyclic) bond motifs is 3. The van der Waals surface area contributed by atoms with Gasteiger partial charge in [-0.2, -0.15) is 0 Å². The maximum absolute atomic E-state index is 12.2. The van der Waals surface area contributed by atoms with Crippen LogP contribution in [0.15, 0.2) is 0 Å². The Morgan fingerprint density at radius 3 is 2.16 bits per heavy atom. The number of likely N-dealkylation sites (N-methyl/N-ethyl adjacent to an activating group) is 1. The quantitative estimate of drug-likeness (QED) is 0.840. The lowest BCUT2D eigenvalue weighted by Crippen LogP contribution is -2.66. The summed E-state index contributed by atoms with van der Waals surface area (Å²) < 4.78 is 11.8. The third kappa shape index (κ3) is 4.66. The van der Waals surface area contributed by atoms with Crippen molar-refractivity contribution < 1.29 is 14.3 Å². The van der Waals surface area contributed by atoms with E-state index in [2.05, 4.69) is 22.0 Å². The zero-order valence-corrected chi connectivity index (χ0v) is 16.4. The van der Waals surface area contributed by atoms with E-state index in [9.17, 15) is 4.79 Å². The van der Waals surface area contributed by atoms with Crippen LogP contribution in [-0.2, 0) is 9.47 Å². The van der Waals surface area contributed by atoms with E-state index in [1.807, 2.05) is 20.8 Å². The molecule has 1 amide bonds. The van der Waals surface area contributed by atoms with Crippen molar-refractivity contribution in [3.05, 3.63) is 0 Å². The number of carbonyl (C=O) groups is 1. The average Bonchev–Trinajstić information content (AvgIpc) is 2.55. The van der Waals surface area contributed by atoms with E-state index in [-0.39, 0.29) is 17.2 Å². The Bertz CT molecular complexity index is 456. The second-order valence-electron chi connectivity index (χ2n) is 9.09. The lowest BCUT2D eigenvalue weighted by molar-refractivity contribution is -0.171. The van der Waals surface area contributed by atoms with Crippen molar-refractivity contribution in [1.82, 2.24) is 15.1 Å². The molecule has 144 valence electrons. The molecule has 3 heterocycles. The smallest absolute Gasteiger partial charge is 0.408 e.